The maximum atomic E-state index is 4.28. The van der Waals surface area contributed by atoms with E-state index in [0.717, 1.165) is 24.5 Å². The SMILES string of the molecule is Cc1ccc(CCc2n[nH]c(C)n2)cc1. The Bertz CT molecular complexity index is 428. The van der Waals surface area contributed by atoms with Gasteiger partial charge in [0.15, 0.2) is 5.82 Å². The average Bonchev–Trinajstić information content (AvgIpc) is 2.64. The Morgan fingerprint density at radius 1 is 1.07 bits per heavy atom. The zero-order valence-corrected chi connectivity index (χ0v) is 9.12. The molecular formula is C12H15N3. The van der Waals surface area contributed by atoms with Crippen LogP contribution >= 0.6 is 0 Å². The molecule has 1 N–H and O–H groups in total. The summed E-state index contributed by atoms with van der Waals surface area (Å²) in [7, 11) is 0. The number of aromatic nitrogens is 3. The van der Waals surface area contributed by atoms with Crippen molar-refractivity contribution in [1.82, 2.24) is 15.2 Å². The lowest BCUT2D eigenvalue weighted by Gasteiger charge is -1.99. The molecule has 2 aromatic rings. The van der Waals surface area contributed by atoms with E-state index in [4.69, 9.17) is 0 Å². The highest BCUT2D eigenvalue weighted by atomic mass is 15.2. The summed E-state index contributed by atoms with van der Waals surface area (Å²) in [5.41, 5.74) is 2.63. The molecule has 0 atom stereocenters. The van der Waals surface area contributed by atoms with Gasteiger partial charge in [-0.2, -0.15) is 5.10 Å². The van der Waals surface area contributed by atoms with E-state index in [9.17, 15) is 0 Å². The van der Waals surface area contributed by atoms with E-state index in [1.54, 1.807) is 0 Å². The van der Waals surface area contributed by atoms with Gasteiger partial charge in [-0.25, -0.2) is 4.98 Å². The van der Waals surface area contributed by atoms with E-state index in [2.05, 4.69) is 46.4 Å². The smallest absolute Gasteiger partial charge is 0.151 e. The van der Waals surface area contributed by atoms with Gasteiger partial charge in [-0.3, -0.25) is 5.10 Å². The van der Waals surface area contributed by atoms with Crippen molar-refractivity contribution in [2.45, 2.75) is 26.7 Å². The summed E-state index contributed by atoms with van der Waals surface area (Å²) in [6.45, 7) is 4.02. The first-order chi connectivity index (χ1) is 7.24. The monoisotopic (exact) mass is 201 g/mol. The minimum Gasteiger partial charge on any atom is -0.263 e. The molecule has 1 aromatic carbocycles. The lowest BCUT2D eigenvalue weighted by Crippen LogP contribution is -1.93. The first-order valence-electron chi connectivity index (χ1n) is 5.17. The number of rotatable bonds is 3. The van der Waals surface area contributed by atoms with Gasteiger partial charge in [0.25, 0.3) is 0 Å². The minimum absolute atomic E-state index is 0.883. The summed E-state index contributed by atoms with van der Waals surface area (Å²) in [5, 5.41) is 6.97. The Labute approximate surface area is 89.6 Å². The molecule has 0 spiro atoms. The van der Waals surface area contributed by atoms with Crippen molar-refractivity contribution in [2.75, 3.05) is 0 Å². The van der Waals surface area contributed by atoms with Crippen LogP contribution in [0, 0.1) is 13.8 Å². The van der Waals surface area contributed by atoms with Crippen molar-refractivity contribution in [3.05, 3.63) is 47.0 Å². The molecule has 0 fully saturated rings. The van der Waals surface area contributed by atoms with Crippen LogP contribution in [0.25, 0.3) is 0 Å². The van der Waals surface area contributed by atoms with Gasteiger partial charge in [0, 0.05) is 6.42 Å². The van der Waals surface area contributed by atoms with E-state index >= 15 is 0 Å². The van der Waals surface area contributed by atoms with Gasteiger partial charge in [0.1, 0.15) is 5.82 Å². The Morgan fingerprint density at radius 3 is 2.40 bits per heavy atom. The Morgan fingerprint density at radius 2 is 1.80 bits per heavy atom. The van der Waals surface area contributed by atoms with Gasteiger partial charge >= 0.3 is 0 Å². The molecule has 0 saturated carbocycles. The Kier molecular flexibility index (Phi) is 2.81. The van der Waals surface area contributed by atoms with Gasteiger partial charge in [-0.15, -0.1) is 0 Å². The highest BCUT2D eigenvalue weighted by Gasteiger charge is 2.00. The number of hydrogen-bond donors (Lipinski definition) is 1. The van der Waals surface area contributed by atoms with Crippen LogP contribution in [0.2, 0.25) is 0 Å². The molecule has 0 bridgehead atoms. The van der Waals surface area contributed by atoms with Crippen molar-refractivity contribution in [3.63, 3.8) is 0 Å². The van der Waals surface area contributed by atoms with E-state index < -0.39 is 0 Å². The topological polar surface area (TPSA) is 41.6 Å². The molecule has 0 aliphatic carbocycles. The first-order valence-corrected chi connectivity index (χ1v) is 5.17. The van der Waals surface area contributed by atoms with Crippen molar-refractivity contribution in [3.8, 4) is 0 Å². The third kappa shape index (κ3) is 2.65. The third-order valence-corrected chi connectivity index (χ3v) is 2.40. The summed E-state index contributed by atoms with van der Waals surface area (Å²) >= 11 is 0. The molecule has 0 radical (unpaired) electrons. The van der Waals surface area contributed by atoms with Crippen LogP contribution in [-0.2, 0) is 12.8 Å². The molecule has 3 heteroatoms. The Hall–Kier alpha value is -1.64. The summed E-state index contributed by atoms with van der Waals surface area (Å²) < 4.78 is 0. The van der Waals surface area contributed by atoms with E-state index in [0.29, 0.717) is 0 Å². The van der Waals surface area contributed by atoms with Crippen molar-refractivity contribution >= 4 is 0 Å². The van der Waals surface area contributed by atoms with Gasteiger partial charge < -0.3 is 0 Å². The molecule has 1 heterocycles. The number of aryl methyl sites for hydroxylation is 4. The maximum absolute atomic E-state index is 4.28. The number of hydrogen-bond acceptors (Lipinski definition) is 2. The van der Waals surface area contributed by atoms with Crippen molar-refractivity contribution in [1.29, 1.82) is 0 Å². The van der Waals surface area contributed by atoms with Crippen LogP contribution in [0.3, 0.4) is 0 Å². The number of aromatic amines is 1. The van der Waals surface area contributed by atoms with Gasteiger partial charge in [-0.05, 0) is 25.8 Å². The molecule has 15 heavy (non-hydrogen) atoms. The highest BCUT2D eigenvalue weighted by molar-refractivity contribution is 5.21. The predicted octanol–water partition coefficient (Wildman–Crippen LogP) is 2.21. The average molecular weight is 201 g/mol. The fraction of sp³-hybridized carbons (Fsp3) is 0.333. The van der Waals surface area contributed by atoms with Crippen LogP contribution in [0.5, 0.6) is 0 Å². The first kappa shape index (κ1) is 9.90. The number of H-pyrrole nitrogens is 1. The maximum Gasteiger partial charge on any atom is 0.151 e. The largest absolute Gasteiger partial charge is 0.263 e. The number of benzene rings is 1. The van der Waals surface area contributed by atoms with Crippen LogP contribution in [-0.4, -0.2) is 15.2 Å². The fourth-order valence-corrected chi connectivity index (χ4v) is 1.51. The zero-order valence-electron chi connectivity index (χ0n) is 9.12. The molecule has 0 amide bonds. The van der Waals surface area contributed by atoms with Crippen LogP contribution < -0.4 is 0 Å². The second-order valence-corrected chi connectivity index (χ2v) is 3.82. The summed E-state index contributed by atoms with van der Waals surface area (Å²) in [5.74, 6) is 1.78. The molecule has 1 aromatic heterocycles. The lowest BCUT2D eigenvalue weighted by atomic mass is 10.1. The second kappa shape index (κ2) is 4.26. The second-order valence-electron chi connectivity index (χ2n) is 3.82. The minimum atomic E-state index is 0.883. The lowest BCUT2D eigenvalue weighted by molar-refractivity contribution is 0.864. The number of nitrogens with zero attached hydrogens (tertiary/aromatic N) is 2. The summed E-state index contributed by atoms with van der Waals surface area (Å²) in [4.78, 5) is 4.28. The standard InChI is InChI=1S/C12H15N3/c1-9-3-5-11(6-4-9)7-8-12-13-10(2)14-15-12/h3-6H,7-8H2,1-2H3,(H,13,14,15). The summed E-state index contributed by atoms with van der Waals surface area (Å²) in [6, 6.07) is 8.60. The molecule has 0 aliphatic rings. The van der Waals surface area contributed by atoms with Crippen molar-refractivity contribution in [2.24, 2.45) is 0 Å². The van der Waals surface area contributed by atoms with Crippen LogP contribution in [0.4, 0.5) is 0 Å². The third-order valence-electron chi connectivity index (χ3n) is 2.40. The normalized spacial score (nSPS) is 10.5. The quantitative estimate of drug-likeness (QED) is 0.827. The molecule has 3 nitrogen and oxygen atoms in total. The molecular weight excluding hydrogens is 186 g/mol. The molecule has 0 unspecified atom stereocenters. The van der Waals surface area contributed by atoms with Gasteiger partial charge in [-0.1, -0.05) is 29.8 Å². The Balaban J connectivity index is 1.96. The zero-order chi connectivity index (χ0) is 10.7. The number of nitrogens with one attached hydrogen (secondary N) is 1. The van der Waals surface area contributed by atoms with Crippen LogP contribution in [0.15, 0.2) is 24.3 Å². The van der Waals surface area contributed by atoms with Gasteiger partial charge in [0.05, 0.1) is 0 Å². The molecule has 78 valence electrons. The highest BCUT2D eigenvalue weighted by Crippen LogP contribution is 2.06. The molecule has 0 saturated heterocycles. The van der Waals surface area contributed by atoms with E-state index in [-0.39, 0.29) is 0 Å². The van der Waals surface area contributed by atoms with Crippen LogP contribution in [0.1, 0.15) is 22.8 Å². The molecule has 0 aliphatic heterocycles. The predicted molar refractivity (Wildman–Crippen MR) is 59.7 cm³/mol. The summed E-state index contributed by atoms with van der Waals surface area (Å²) in [6.07, 6.45) is 1.89. The van der Waals surface area contributed by atoms with Gasteiger partial charge in [0.2, 0.25) is 0 Å². The van der Waals surface area contributed by atoms with E-state index in [1.165, 1.54) is 11.1 Å². The van der Waals surface area contributed by atoms with Crippen molar-refractivity contribution < 1.29 is 0 Å². The molecule has 2 rings (SSSR count). The fourth-order valence-electron chi connectivity index (χ4n) is 1.51. The van der Waals surface area contributed by atoms with E-state index in [1.807, 2.05) is 6.92 Å².